The third-order valence-electron chi connectivity index (χ3n) is 2.09. The Labute approximate surface area is 94.6 Å². The molecule has 1 rings (SSSR count). The molecule has 0 radical (unpaired) electrons. The maximum atomic E-state index is 10.9. The summed E-state index contributed by atoms with van der Waals surface area (Å²) in [4.78, 5) is 21.1. The zero-order valence-electron chi connectivity index (χ0n) is 9.69. The van der Waals surface area contributed by atoms with Gasteiger partial charge < -0.3 is 4.74 Å². The third-order valence-corrected chi connectivity index (χ3v) is 2.09. The van der Waals surface area contributed by atoms with E-state index >= 15 is 0 Å². The van der Waals surface area contributed by atoms with E-state index in [0.717, 1.165) is 5.56 Å². The zero-order valence-corrected chi connectivity index (χ0v) is 9.69. The van der Waals surface area contributed by atoms with E-state index in [0.29, 0.717) is 12.1 Å². The second-order valence-electron chi connectivity index (χ2n) is 4.29. The highest BCUT2D eigenvalue weighted by Crippen LogP contribution is 2.19. The molecule has 4 heteroatoms. The molecule has 0 aromatic heterocycles. The fourth-order valence-corrected chi connectivity index (χ4v) is 1.59. The summed E-state index contributed by atoms with van der Waals surface area (Å²) in [5, 5.41) is 2.82. The number of carbonyl (C=O) groups is 1. The second kappa shape index (κ2) is 4.88. The van der Waals surface area contributed by atoms with Crippen LogP contribution in [-0.2, 0) is 16.0 Å². The van der Waals surface area contributed by atoms with Crippen LogP contribution in [0.15, 0.2) is 29.4 Å². The molecule has 0 bridgehead atoms. The van der Waals surface area contributed by atoms with Gasteiger partial charge in [0.1, 0.15) is 11.3 Å². The van der Waals surface area contributed by atoms with Gasteiger partial charge in [-0.3, -0.25) is 4.79 Å². The molecule has 0 unspecified atom stereocenters. The van der Waals surface area contributed by atoms with Gasteiger partial charge in [-0.25, -0.2) is 0 Å². The Kier molecular flexibility index (Phi) is 3.77. The fraction of sp³-hybridized carbons (Fsp3) is 0.417. The first-order chi connectivity index (χ1) is 7.43. The van der Waals surface area contributed by atoms with Crippen LogP contribution in [0.3, 0.4) is 0 Å². The minimum Gasteiger partial charge on any atom is -0.460 e. The maximum absolute atomic E-state index is 10.9. The van der Waals surface area contributed by atoms with Crippen LogP contribution in [0.2, 0.25) is 0 Å². The van der Waals surface area contributed by atoms with E-state index in [4.69, 9.17) is 4.74 Å². The molecule has 1 aromatic carbocycles. The molecule has 0 atom stereocenters. The molecule has 0 aliphatic heterocycles. The van der Waals surface area contributed by atoms with Crippen molar-refractivity contribution in [2.45, 2.75) is 32.8 Å². The lowest BCUT2D eigenvalue weighted by Gasteiger charge is -2.24. The molecule has 4 nitrogen and oxygen atoms in total. The van der Waals surface area contributed by atoms with Gasteiger partial charge in [-0.05, 0) is 36.7 Å². The summed E-state index contributed by atoms with van der Waals surface area (Å²) in [6, 6.07) is 6.91. The number of nitrogens with zero attached hydrogens (tertiary/aromatic N) is 1. The third kappa shape index (κ3) is 3.81. The Balaban J connectivity index is 2.71. The van der Waals surface area contributed by atoms with Crippen LogP contribution in [-0.4, -0.2) is 11.6 Å². The average Bonchev–Trinajstić information content (AvgIpc) is 2.16. The monoisotopic (exact) mass is 221 g/mol. The number of esters is 1. The van der Waals surface area contributed by atoms with Crippen LogP contribution in [0.4, 0.5) is 5.69 Å². The van der Waals surface area contributed by atoms with E-state index in [1.807, 2.05) is 26.0 Å². The summed E-state index contributed by atoms with van der Waals surface area (Å²) in [5.74, 6) is -0.295. The van der Waals surface area contributed by atoms with Gasteiger partial charge in [0.2, 0.25) is 0 Å². The lowest BCUT2D eigenvalue weighted by atomic mass is 9.98. The SMILES string of the molecule is CC(=O)OC(C)(C)Cc1ccc(N=O)cc1. The Bertz CT molecular complexity index is 382. The van der Waals surface area contributed by atoms with Crippen LogP contribution in [0.5, 0.6) is 0 Å². The van der Waals surface area contributed by atoms with Crippen molar-refractivity contribution in [3.05, 3.63) is 34.7 Å². The largest absolute Gasteiger partial charge is 0.460 e. The highest BCUT2D eigenvalue weighted by Gasteiger charge is 2.21. The predicted molar refractivity (Wildman–Crippen MR) is 61.4 cm³/mol. The molecule has 0 aliphatic rings. The van der Waals surface area contributed by atoms with Gasteiger partial charge in [-0.15, -0.1) is 4.91 Å². The number of hydrogen-bond acceptors (Lipinski definition) is 4. The van der Waals surface area contributed by atoms with Crippen molar-refractivity contribution in [1.29, 1.82) is 0 Å². The van der Waals surface area contributed by atoms with Crippen LogP contribution in [0.25, 0.3) is 0 Å². The van der Waals surface area contributed by atoms with Crippen LogP contribution in [0.1, 0.15) is 26.3 Å². The number of hydrogen-bond donors (Lipinski definition) is 0. The number of ether oxygens (including phenoxy) is 1. The highest BCUT2D eigenvalue weighted by molar-refractivity contribution is 5.66. The predicted octanol–water partition coefficient (Wildman–Crippen LogP) is 2.97. The van der Waals surface area contributed by atoms with Gasteiger partial charge in [-0.1, -0.05) is 12.1 Å². The van der Waals surface area contributed by atoms with Gasteiger partial charge in [0, 0.05) is 13.3 Å². The first-order valence-electron chi connectivity index (χ1n) is 5.05. The normalized spacial score (nSPS) is 10.9. The molecular formula is C12H15NO3. The van der Waals surface area contributed by atoms with Crippen molar-refractivity contribution in [2.75, 3.05) is 0 Å². The Morgan fingerprint density at radius 2 is 1.88 bits per heavy atom. The number of benzene rings is 1. The zero-order chi connectivity index (χ0) is 12.2. The van der Waals surface area contributed by atoms with Crippen molar-refractivity contribution in [3.63, 3.8) is 0 Å². The number of rotatable bonds is 4. The summed E-state index contributed by atoms with van der Waals surface area (Å²) in [6.07, 6.45) is 0.603. The molecular weight excluding hydrogens is 206 g/mol. The molecule has 0 saturated carbocycles. The summed E-state index contributed by atoms with van der Waals surface area (Å²) in [7, 11) is 0. The van der Waals surface area contributed by atoms with Gasteiger partial charge >= 0.3 is 5.97 Å². The molecule has 0 spiro atoms. The van der Waals surface area contributed by atoms with Crippen LogP contribution >= 0.6 is 0 Å². The van der Waals surface area contributed by atoms with E-state index < -0.39 is 5.60 Å². The lowest BCUT2D eigenvalue weighted by molar-refractivity contribution is -0.153. The van der Waals surface area contributed by atoms with Crippen molar-refractivity contribution in [3.8, 4) is 0 Å². The molecule has 86 valence electrons. The van der Waals surface area contributed by atoms with Gasteiger partial charge in [0.25, 0.3) is 0 Å². The lowest BCUT2D eigenvalue weighted by Crippen LogP contribution is -2.29. The van der Waals surface area contributed by atoms with Gasteiger partial charge in [0.15, 0.2) is 0 Å². The van der Waals surface area contributed by atoms with E-state index in [1.165, 1.54) is 6.92 Å². The van der Waals surface area contributed by atoms with Gasteiger partial charge in [-0.2, -0.15) is 0 Å². The molecule has 16 heavy (non-hydrogen) atoms. The minimum atomic E-state index is -0.540. The average molecular weight is 221 g/mol. The summed E-state index contributed by atoms with van der Waals surface area (Å²) < 4.78 is 5.17. The Morgan fingerprint density at radius 3 is 2.31 bits per heavy atom. The summed E-state index contributed by atoms with van der Waals surface area (Å²) >= 11 is 0. The van der Waals surface area contributed by atoms with E-state index in [9.17, 15) is 9.70 Å². The fourth-order valence-electron chi connectivity index (χ4n) is 1.59. The van der Waals surface area contributed by atoms with Crippen LogP contribution in [0, 0.1) is 4.91 Å². The van der Waals surface area contributed by atoms with Crippen molar-refractivity contribution in [1.82, 2.24) is 0 Å². The van der Waals surface area contributed by atoms with Gasteiger partial charge in [0.05, 0.1) is 0 Å². The topological polar surface area (TPSA) is 55.7 Å². The van der Waals surface area contributed by atoms with E-state index in [-0.39, 0.29) is 5.97 Å². The maximum Gasteiger partial charge on any atom is 0.303 e. The summed E-state index contributed by atoms with van der Waals surface area (Å²) in [5.41, 5.74) is 0.856. The number of carbonyl (C=O) groups excluding carboxylic acids is 1. The van der Waals surface area contributed by atoms with Crippen molar-refractivity contribution < 1.29 is 9.53 Å². The van der Waals surface area contributed by atoms with Crippen LogP contribution < -0.4 is 0 Å². The molecule has 0 fully saturated rings. The number of nitroso groups, excluding NO2 is 1. The van der Waals surface area contributed by atoms with Crippen molar-refractivity contribution in [2.24, 2.45) is 5.18 Å². The van der Waals surface area contributed by atoms with Crippen molar-refractivity contribution >= 4 is 11.7 Å². The first kappa shape index (κ1) is 12.4. The smallest absolute Gasteiger partial charge is 0.303 e. The second-order valence-corrected chi connectivity index (χ2v) is 4.29. The molecule has 0 amide bonds. The molecule has 1 aromatic rings. The highest BCUT2D eigenvalue weighted by atomic mass is 16.6. The molecule has 0 heterocycles. The van der Waals surface area contributed by atoms with E-state index in [1.54, 1.807) is 12.1 Å². The summed E-state index contributed by atoms with van der Waals surface area (Å²) in [6.45, 7) is 5.09. The standard InChI is InChI=1S/C12H15NO3/c1-9(14)16-12(2,3)8-10-4-6-11(13-15)7-5-10/h4-7H,8H2,1-3H3. The Hall–Kier alpha value is -1.71. The molecule has 0 N–H and O–H groups in total. The Morgan fingerprint density at radius 1 is 1.31 bits per heavy atom. The molecule has 0 aliphatic carbocycles. The van der Waals surface area contributed by atoms with E-state index in [2.05, 4.69) is 5.18 Å². The first-order valence-corrected chi connectivity index (χ1v) is 5.05. The quantitative estimate of drug-likeness (QED) is 0.580. The molecule has 0 saturated heterocycles. The minimum absolute atomic E-state index is 0.295.